The molecule has 1 heterocycles. The van der Waals surface area contributed by atoms with Crippen LogP contribution in [0.4, 0.5) is 0 Å². The van der Waals surface area contributed by atoms with Gasteiger partial charge in [-0.15, -0.1) is 0 Å². The van der Waals surface area contributed by atoms with Crippen molar-refractivity contribution in [1.29, 1.82) is 0 Å². The summed E-state index contributed by atoms with van der Waals surface area (Å²) in [5.41, 5.74) is 3.71. The van der Waals surface area contributed by atoms with Gasteiger partial charge in [0.15, 0.2) is 0 Å². The highest BCUT2D eigenvalue weighted by atomic mass is 16.5. The fourth-order valence-electron chi connectivity index (χ4n) is 3.94. The molecule has 1 aliphatic heterocycles. The van der Waals surface area contributed by atoms with E-state index in [2.05, 4.69) is 0 Å². The van der Waals surface area contributed by atoms with Gasteiger partial charge in [0.1, 0.15) is 24.7 Å². The summed E-state index contributed by atoms with van der Waals surface area (Å²) in [7, 11) is 0. The molecule has 0 fully saturated rings. The molecule has 0 aliphatic carbocycles. The maximum absolute atomic E-state index is 12.8. The van der Waals surface area contributed by atoms with E-state index in [1.165, 1.54) is 4.90 Å². The van der Waals surface area contributed by atoms with E-state index in [-0.39, 0.29) is 18.4 Å². The Balaban J connectivity index is 1.38. The minimum absolute atomic E-state index is 0.135. The lowest BCUT2D eigenvalue weighted by Crippen LogP contribution is -2.29. The first kappa shape index (κ1) is 21.5. The Hall–Kier alpha value is -4.38. The molecular weight excluding hydrogens is 426 g/mol. The summed E-state index contributed by atoms with van der Waals surface area (Å²) >= 11 is 0. The van der Waals surface area contributed by atoms with Gasteiger partial charge in [0.2, 0.25) is 0 Å². The van der Waals surface area contributed by atoms with Crippen LogP contribution in [0.3, 0.4) is 0 Å². The van der Waals surface area contributed by atoms with Gasteiger partial charge < -0.3 is 9.47 Å². The predicted molar refractivity (Wildman–Crippen MR) is 129 cm³/mol. The van der Waals surface area contributed by atoms with Crippen LogP contribution in [0.5, 0.6) is 11.5 Å². The molecule has 2 amide bonds. The number of ether oxygens (including phenoxy) is 2. The highest BCUT2D eigenvalue weighted by Crippen LogP contribution is 2.29. The SMILES string of the molecule is O=C1c2ccccc2C(=O)N1Cc1cc(OCc2ccccc2)cc(OCc2ccccc2)c1. The molecule has 5 rings (SSSR count). The van der Waals surface area contributed by atoms with Crippen molar-refractivity contribution in [2.24, 2.45) is 0 Å². The van der Waals surface area contributed by atoms with Crippen LogP contribution in [0, 0.1) is 0 Å². The van der Waals surface area contributed by atoms with Crippen molar-refractivity contribution < 1.29 is 19.1 Å². The van der Waals surface area contributed by atoms with Crippen LogP contribution in [0.15, 0.2) is 103 Å². The Labute approximate surface area is 198 Å². The van der Waals surface area contributed by atoms with E-state index in [1.807, 2.05) is 78.9 Å². The molecule has 168 valence electrons. The van der Waals surface area contributed by atoms with Gasteiger partial charge in [0.25, 0.3) is 11.8 Å². The monoisotopic (exact) mass is 449 g/mol. The van der Waals surface area contributed by atoms with Crippen LogP contribution in [0.25, 0.3) is 0 Å². The lowest BCUT2D eigenvalue weighted by molar-refractivity contribution is 0.0642. The first-order chi connectivity index (χ1) is 16.7. The van der Waals surface area contributed by atoms with Crippen LogP contribution in [-0.2, 0) is 19.8 Å². The summed E-state index contributed by atoms with van der Waals surface area (Å²) in [5.74, 6) is 0.646. The normalized spacial score (nSPS) is 12.5. The zero-order valence-corrected chi connectivity index (χ0v) is 18.5. The minimum Gasteiger partial charge on any atom is -0.489 e. The number of carbonyl (C=O) groups excluding carboxylic acids is 2. The second-order valence-electron chi connectivity index (χ2n) is 8.10. The molecule has 0 unspecified atom stereocenters. The zero-order valence-electron chi connectivity index (χ0n) is 18.5. The largest absolute Gasteiger partial charge is 0.489 e. The Kier molecular flexibility index (Phi) is 6.08. The zero-order chi connectivity index (χ0) is 23.3. The second kappa shape index (κ2) is 9.63. The van der Waals surface area contributed by atoms with Crippen molar-refractivity contribution in [3.63, 3.8) is 0 Å². The predicted octanol–water partition coefficient (Wildman–Crippen LogP) is 5.64. The van der Waals surface area contributed by atoms with Gasteiger partial charge in [-0.2, -0.15) is 0 Å². The number of imide groups is 1. The van der Waals surface area contributed by atoms with Gasteiger partial charge in [-0.1, -0.05) is 72.8 Å². The third-order valence-electron chi connectivity index (χ3n) is 5.66. The van der Waals surface area contributed by atoms with Gasteiger partial charge >= 0.3 is 0 Å². The van der Waals surface area contributed by atoms with E-state index in [4.69, 9.17) is 9.47 Å². The Morgan fingerprint density at radius 1 is 0.529 bits per heavy atom. The van der Waals surface area contributed by atoms with Crippen molar-refractivity contribution in [1.82, 2.24) is 4.90 Å². The lowest BCUT2D eigenvalue weighted by atomic mass is 10.1. The van der Waals surface area contributed by atoms with E-state index in [0.717, 1.165) is 16.7 Å². The number of hydrogen-bond donors (Lipinski definition) is 0. The molecule has 0 saturated heterocycles. The number of hydrogen-bond acceptors (Lipinski definition) is 4. The van der Waals surface area contributed by atoms with Crippen LogP contribution in [0.1, 0.15) is 37.4 Å². The van der Waals surface area contributed by atoms with Crippen molar-refractivity contribution in [2.75, 3.05) is 0 Å². The molecule has 0 bridgehead atoms. The van der Waals surface area contributed by atoms with Gasteiger partial charge in [-0.25, -0.2) is 0 Å². The molecule has 5 nitrogen and oxygen atoms in total. The number of carbonyl (C=O) groups is 2. The molecule has 5 heteroatoms. The Bertz CT molecular complexity index is 1220. The van der Waals surface area contributed by atoms with E-state index in [0.29, 0.717) is 35.8 Å². The van der Waals surface area contributed by atoms with E-state index in [9.17, 15) is 9.59 Å². The summed E-state index contributed by atoms with van der Waals surface area (Å²) in [6, 6.07) is 32.2. The standard InChI is InChI=1S/C29H23NO4/c31-28-26-13-7-8-14-27(26)29(32)30(28)18-23-15-24(33-19-21-9-3-1-4-10-21)17-25(16-23)34-20-22-11-5-2-6-12-22/h1-17H,18-20H2. The van der Waals surface area contributed by atoms with Gasteiger partial charge in [0.05, 0.1) is 17.7 Å². The fraction of sp³-hybridized carbons (Fsp3) is 0.103. The third-order valence-corrected chi connectivity index (χ3v) is 5.66. The molecule has 0 atom stereocenters. The van der Waals surface area contributed by atoms with Crippen LogP contribution in [0.2, 0.25) is 0 Å². The summed E-state index contributed by atoms with van der Waals surface area (Å²) in [6.45, 7) is 0.932. The smallest absolute Gasteiger partial charge is 0.261 e. The molecule has 0 radical (unpaired) electrons. The summed E-state index contributed by atoms with van der Waals surface area (Å²) in [6.07, 6.45) is 0. The Morgan fingerprint density at radius 3 is 1.44 bits per heavy atom. The third kappa shape index (κ3) is 4.69. The molecule has 4 aromatic rings. The number of nitrogens with zero attached hydrogens (tertiary/aromatic N) is 1. The fourth-order valence-corrected chi connectivity index (χ4v) is 3.94. The van der Waals surface area contributed by atoms with Gasteiger partial charge in [0, 0.05) is 6.07 Å². The first-order valence-electron chi connectivity index (χ1n) is 11.1. The van der Waals surface area contributed by atoms with Crippen molar-refractivity contribution in [2.45, 2.75) is 19.8 Å². The molecule has 0 N–H and O–H groups in total. The molecule has 4 aromatic carbocycles. The molecule has 34 heavy (non-hydrogen) atoms. The Morgan fingerprint density at radius 2 is 0.971 bits per heavy atom. The number of benzene rings is 4. The van der Waals surface area contributed by atoms with Gasteiger partial charge in [-0.3, -0.25) is 14.5 Å². The maximum atomic E-state index is 12.8. The van der Waals surface area contributed by atoms with Crippen LogP contribution >= 0.6 is 0 Å². The minimum atomic E-state index is -0.289. The van der Waals surface area contributed by atoms with Crippen molar-refractivity contribution in [3.8, 4) is 11.5 Å². The summed E-state index contributed by atoms with van der Waals surface area (Å²) in [5, 5.41) is 0. The molecule has 0 spiro atoms. The van der Waals surface area contributed by atoms with Crippen molar-refractivity contribution in [3.05, 3.63) is 131 Å². The van der Waals surface area contributed by atoms with Crippen molar-refractivity contribution >= 4 is 11.8 Å². The van der Waals surface area contributed by atoms with Gasteiger partial charge in [-0.05, 0) is 41.0 Å². The molecule has 0 saturated carbocycles. The molecular formula is C29H23NO4. The topological polar surface area (TPSA) is 55.8 Å². The van der Waals surface area contributed by atoms with E-state index < -0.39 is 0 Å². The quantitative estimate of drug-likeness (QED) is 0.327. The number of fused-ring (bicyclic) bond motifs is 1. The van der Waals surface area contributed by atoms with Crippen LogP contribution in [-0.4, -0.2) is 16.7 Å². The molecule has 1 aliphatic rings. The highest BCUT2D eigenvalue weighted by molar-refractivity contribution is 6.21. The van der Waals surface area contributed by atoms with E-state index in [1.54, 1.807) is 24.3 Å². The average Bonchev–Trinajstić information content (AvgIpc) is 3.12. The summed E-state index contributed by atoms with van der Waals surface area (Å²) < 4.78 is 12.1. The lowest BCUT2D eigenvalue weighted by Gasteiger charge is -2.17. The summed E-state index contributed by atoms with van der Waals surface area (Å²) in [4.78, 5) is 27.0. The highest BCUT2D eigenvalue weighted by Gasteiger charge is 2.35. The molecule has 0 aromatic heterocycles. The second-order valence-corrected chi connectivity index (χ2v) is 8.10. The first-order valence-corrected chi connectivity index (χ1v) is 11.1. The number of rotatable bonds is 8. The van der Waals surface area contributed by atoms with E-state index >= 15 is 0 Å². The number of amides is 2. The average molecular weight is 450 g/mol. The van der Waals surface area contributed by atoms with Crippen LogP contribution < -0.4 is 9.47 Å². The maximum Gasteiger partial charge on any atom is 0.261 e.